The van der Waals surface area contributed by atoms with Gasteiger partial charge in [-0.15, -0.1) is 0 Å². The van der Waals surface area contributed by atoms with Crippen molar-refractivity contribution in [3.8, 4) is 22.8 Å². The lowest BCUT2D eigenvalue weighted by Crippen LogP contribution is -2.12. The normalized spacial score (nSPS) is 10.7. The van der Waals surface area contributed by atoms with Crippen molar-refractivity contribution in [3.63, 3.8) is 0 Å². The Hall–Kier alpha value is -3.87. The largest absolute Gasteiger partial charge is 0.339 e. The Labute approximate surface area is 180 Å². The van der Waals surface area contributed by atoms with Gasteiger partial charge in [0, 0.05) is 30.9 Å². The number of carbonyl (C=O) groups excluding carboxylic acids is 1. The maximum absolute atomic E-state index is 12.3. The molecule has 1 amide bonds. The van der Waals surface area contributed by atoms with Crippen molar-refractivity contribution in [1.29, 1.82) is 0 Å². The number of rotatable bonds is 8. The third-order valence-corrected chi connectivity index (χ3v) is 4.79. The van der Waals surface area contributed by atoms with E-state index in [1.54, 1.807) is 18.5 Å². The molecule has 2 aromatic carbocycles. The lowest BCUT2D eigenvalue weighted by Gasteiger charge is -2.07. The van der Waals surface area contributed by atoms with Gasteiger partial charge in [-0.1, -0.05) is 54.9 Å². The van der Waals surface area contributed by atoms with E-state index in [4.69, 9.17) is 4.52 Å². The van der Waals surface area contributed by atoms with Crippen molar-refractivity contribution in [2.45, 2.75) is 32.6 Å². The predicted octanol–water partition coefficient (Wildman–Crippen LogP) is 4.72. The molecule has 2 heterocycles. The van der Waals surface area contributed by atoms with Gasteiger partial charge in [-0.25, -0.2) is 9.97 Å². The molecule has 7 heteroatoms. The fraction of sp³-hybridized carbons (Fsp3) is 0.208. The molecule has 0 aliphatic carbocycles. The van der Waals surface area contributed by atoms with E-state index in [-0.39, 0.29) is 12.3 Å². The molecule has 2 aromatic heterocycles. The number of aryl methyl sites for hydroxylation is 2. The maximum atomic E-state index is 12.3. The Balaban J connectivity index is 1.30. The average molecular weight is 413 g/mol. The lowest BCUT2D eigenvalue weighted by atomic mass is 10.0. The van der Waals surface area contributed by atoms with Crippen LogP contribution in [0.5, 0.6) is 0 Å². The molecule has 31 heavy (non-hydrogen) atoms. The van der Waals surface area contributed by atoms with Crippen LogP contribution in [0.25, 0.3) is 22.8 Å². The predicted molar refractivity (Wildman–Crippen MR) is 118 cm³/mol. The van der Waals surface area contributed by atoms with E-state index in [1.165, 1.54) is 5.56 Å². The van der Waals surface area contributed by atoms with E-state index in [1.807, 2.05) is 24.3 Å². The third-order valence-electron chi connectivity index (χ3n) is 4.79. The molecule has 0 unspecified atom stereocenters. The van der Waals surface area contributed by atoms with Crippen LogP contribution in [0.15, 0.2) is 71.5 Å². The zero-order valence-corrected chi connectivity index (χ0v) is 17.3. The number of nitrogens with one attached hydrogen (secondary N) is 1. The quantitative estimate of drug-likeness (QED) is 0.449. The molecule has 0 aliphatic heterocycles. The molecule has 0 aliphatic rings. The number of amides is 1. The summed E-state index contributed by atoms with van der Waals surface area (Å²) in [5, 5.41) is 6.76. The van der Waals surface area contributed by atoms with E-state index in [0.29, 0.717) is 24.0 Å². The standard InChI is InChI=1S/C24H23N5O2/c1-2-4-17-5-7-18(8-6-17)19-9-11-20(12-10-19)27-21(30)13-14-22-28-24(29-31-22)23-25-15-3-16-26-23/h3,5-12,15-16H,2,4,13-14H2,1H3,(H,27,30). The van der Waals surface area contributed by atoms with Crippen molar-refractivity contribution in [2.24, 2.45) is 0 Å². The topological polar surface area (TPSA) is 93.8 Å². The molecule has 0 saturated carbocycles. The number of anilines is 1. The Morgan fingerprint density at radius 3 is 2.26 bits per heavy atom. The molecule has 4 rings (SSSR count). The molecule has 7 nitrogen and oxygen atoms in total. The van der Waals surface area contributed by atoms with Gasteiger partial charge in [-0.3, -0.25) is 4.79 Å². The second kappa shape index (κ2) is 9.75. The number of carbonyl (C=O) groups is 1. The Morgan fingerprint density at radius 1 is 0.903 bits per heavy atom. The summed E-state index contributed by atoms with van der Waals surface area (Å²) in [5.41, 5.74) is 4.37. The van der Waals surface area contributed by atoms with Crippen molar-refractivity contribution < 1.29 is 9.32 Å². The van der Waals surface area contributed by atoms with E-state index in [2.05, 4.69) is 56.6 Å². The van der Waals surface area contributed by atoms with E-state index < -0.39 is 0 Å². The first-order valence-corrected chi connectivity index (χ1v) is 10.3. The van der Waals surface area contributed by atoms with Gasteiger partial charge >= 0.3 is 0 Å². The molecule has 4 aromatic rings. The van der Waals surface area contributed by atoms with Crippen LogP contribution in [0.4, 0.5) is 5.69 Å². The summed E-state index contributed by atoms with van der Waals surface area (Å²) in [5.74, 6) is 0.961. The van der Waals surface area contributed by atoms with Gasteiger partial charge in [0.25, 0.3) is 0 Å². The highest BCUT2D eigenvalue weighted by molar-refractivity contribution is 5.91. The molecule has 156 valence electrons. The van der Waals surface area contributed by atoms with Crippen LogP contribution in [-0.4, -0.2) is 26.0 Å². The van der Waals surface area contributed by atoms with E-state index in [9.17, 15) is 4.79 Å². The molecule has 0 atom stereocenters. The minimum atomic E-state index is -0.118. The zero-order chi connectivity index (χ0) is 21.5. The Bertz CT molecular complexity index is 1120. The van der Waals surface area contributed by atoms with E-state index >= 15 is 0 Å². The van der Waals surface area contributed by atoms with Crippen LogP contribution in [0.1, 0.15) is 31.2 Å². The van der Waals surface area contributed by atoms with Gasteiger partial charge in [0.1, 0.15) is 0 Å². The number of aromatic nitrogens is 4. The fourth-order valence-corrected chi connectivity index (χ4v) is 3.20. The monoisotopic (exact) mass is 413 g/mol. The highest BCUT2D eigenvalue weighted by atomic mass is 16.5. The maximum Gasteiger partial charge on any atom is 0.240 e. The molecule has 0 bridgehead atoms. The number of hydrogen-bond donors (Lipinski definition) is 1. The number of benzene rings is 2. The van der Waals surface area contributed by atoms with Crippen molar-refractivity contribution >= 4 is 11.6 Å². The Morgan fingerprint density at radius 2 is 1.58 bits per heavy atom. The fourth-order valence-electron chi connectivity index (χ4n) is 3.20. The zero-order valence-electron chi connectivity index (χ0n) is 17.3. The van der Waals surface area contributed by atoms with Crippen LogP contribution in [0.3, 0.4) is 0 Å². The summed E-state index contributed by atoms with van der Waals surface area (Å²) in [6, 6.07) is 18.2. The van der Waals surface area contributed by atoms with Crippen molar-refractivity contribution in [3.05, 3.63) is 78.4 Å². The summed E-state index contributed by atoms with van der Waals surface area (Å²) >= 11 is 0. The highest BCUT2D eigenvalue weighted by Gasteiger charge is 2.12. The lowest BCUT2D eigenvalue weighted by molar-refractivity contribution is -0.116. The van der Waals surface area contributed by atoms with Gasteiger partial charge in [-0.2, -0.15) is 4.98 Å². The second-order valence-electron chi connectivity index (χ2n) is 7.16. The van der Waals surface area contributed by atoms with Crippen molar-refractivity contribution in [1.82, 2.24) is 20.1 Å². The number of hydrogen-bond acceptors (Lipinski definition) is 6. The van der Waals surface area contributed by atoms with Crippen molar-refractivity contribution in [2.75, 3.05) is 5.32 Å². The molecule has 0 radical (unpaired) electrons. The Kier molecular flexibility index (Phi) is 6.42. The van der Waals surface area contributed by atoms with Gasteiger partial charge < -0.3 is 9.84 Å². The van der Waals surface area contributed by atoms with Crippen LogP contribution in [0.2, 0.25) is 0 Å². The van der Waals surface area contributed by atoms with Gasteiger partial charge in [0.05, 0.1) is 0 Å². The number of nitrogens with zero attached hydrogens (tertiary/aromatic N) is 4. The SMILES string of the molecule is CCCc1ccc(-c2ccc(NC(=O)CCc3nc(-c4ncccn4)no3)cc2)cc1. The summed E-state index contributed by atoms with van der Waals surface area (Å²) in [7, 11) is 0. The van der Waals surface area contributed by atoms with Crippen LogP contribution in [-0.2, 0) is 17.6 Å². The van der Waals surface area contributed by atoms with E-state index in [0.717, 1.165) is 29.7 Å². The molecule has 0 fully saturated rings. The first kappa shape index (κ1) is 20.4. The first-order valence-electron chi connectivity index (χ1n) is 10.3. The minimum Gasteiger partial charge on any atom is -0.339 e. The summed E-state index contributed by atoms with van der Waals surface area (Å²) < 4.78 is 5.19. The van der Waals surface area contributed by atoms with Crippen LogP contribution in [0, 0.1) is 0 Å². The second-order valence-corrected chi connectivity index (χ2v) is 7.16. The summed E-state index contributed by atoms with van der Waals surface area (Å²) in [4.78, 5) is 24.7. The van der Waals surface area contributed by atoms with Gasteiger partial charge in [-0.05, 0) is 41.3 Å². The molecule has 0 spiro atoms. The molecular formula is C24H23N5O2. The van der Waals surface area contributed by atoms with Gasteiger partial charge in [0.15, 0.2) is 0 Å². The molecule has 1 N–H and O–H groups in total. The highest BCUT2D eigenvalue weighted by Crippen LogP contribution is 2.22. The van der Waals surface area contributed by atoms with Crippen LogP contribution < -0.4 is 5.32 Å². The molecule has 0 saturated heterocycles. The van der Waals surface area contributed by atoms with Crippen LogP contribution >= 0.6 is 0 Å². The third kappa shape index (κ3) is 5.39. The smallest absolute Gasteiger partial charge is 0.240 e. The first-order chi connectivity index (χ1) is 15.2. The summed E-state index contributed by atoms with van der Waals surface area (Å²) in [6.45, 7) is 2.18. The minimum absolute atomic E-state index is 0.118. The van der Waals surface area contributed by atoms with Gasteiger partial charge in [0.2, 0.25) is 23.4 Å². The summed E-state index contributed by atoms with van der Waals surface area (Å²) in [6.07, 6.45) is 6.03. The average Bonchev–Trinajstić information content (AvgIpc) is 3.29. The molecular weight excluding hydrogens is 390 g/mol.